The Morgan fingerprint density at radius 3 is 2.84 bits per heavy atom. The van der Waals surface area contributed by atoms with Crippen molar-refractivity contribution in [1.29, 1.82) is 0 Å². The van der Waals surface area contributed by atoms with Gasteiger partial charge in [-0.15, -0.1) is 0 Å². The van der Waals surface area contributed by atoms with Gasteiger partial charge in [0.25, 0.3) is 0 Å². The molecule has 1 saturated heterocycles. The number of hydrogen-bond acceptors (Lipinski definition) is 3. The summed E-state index contributed by atoms with van der Waals surface area (Å²) in [5.74, 6) is 0. The largest absolute Gasteiger partial charge is 0.387 e. The van der Waals surface area contributed by atoms with Gasteiger partial charge in [-0.2, -0.15) is 0 Å². The van der Waals surface area contributed by atoms with Crippen molar-refractivity contribution in [2.75, 3.05) is 26.7 Å². The molecule has 0 bridgehead atoms. The summed E-state index contributed by atoms with van der Waals surface area (Å²) in [5, 5.41) is 16.2. The zero-order valence-corrected chi connectivity index (χ0v) is 11.2. The fourth-order valence-electron chi connectivity index (χ4n) is 2.29. The van der Waals surface area contributed by atoms with Crippen LogP contribution in [-0.4, -0.2) is 48.3 Å². The summed E-state index contributed by atoms with van der Waals surface area (Å²) in [5.41, 5.74) is 0.268. The highest BCUT2D eigenvalue weighted by Gasteiger charge is 2.33. The second-order valence-electron chi connectivity index (χ2n) is 5.15. The monoisotopic (exact) mass is 263 g/mol. The van der Waals surface area contributed by atoms with E-state index in [0.717, 1.165) is 12.1 Å². The number of nitrogens with one attached hydrogen (secondary N) is 2. The van der Waals surface area contributed by atoms with E-state index in [1.165, 1.54) is 4.90 Å². The van der Waals surface area contributed by atoms with Crippen LogP contribution in [0.15, 0.2) is 30.3 Å². The van der Waals surface area contributed by atoms with Crippen molar-refractivity contribution in [3.8, 4) is 0 Å². The molecule has 5 heteroatoms. The van der Waals surface area contributed by atoms with E-state index in [0.29, 0.717) is 26.1 Å². The predicted octanol–water partition coefficient (Wildman–Crippen LogP) is 0.552. The van der Waals surface area contributed by atoms with E-state index in [4.69, 9.17) is 0 Å². The average molecular weight is 263 g/mol. The minimum atomic E-state index is -0.793. The molecule has 19 heavy (non-hydrogen) atoms. The molecule has 1 heterocycles. The molecule has 2 amide bonds. The molecule has 1 atom stereocenters. The second kappa shape index (κ2) is 6.04. The Balaban J connectivity index is 1.79. The van der Waals surface area contributed by atoms with Gasteiger partial charge < -0.3 is 20.6 Å². The number of benzene rings is 1. The number of urea groups is 1. The Morgan fingerprint density at radius 2 is 2.21 bits per heavy atom. The van der Waals surface area contributed by atoms with E-state index in [2.05, 4.69) is 10.6 Å². The zero-order chi connectivity index (χ0) is 13.7. The quantitative estimate of drug-likeness (QED) is 0.743. The van der Waals surface area contributed by atoms with E-state index in [9.17, 15) is 9.90 Å². The molecule has 2 rings (SSSR count). The third-order valence-corrected chi connectivity index (χ3v) is 3.39. The first-order valence-electron chi connectivity index (χ1n) is 6.55. The number of nitrogens with zero attached hydrogens (tertiary/aromatic N) is 1. The van der Waals surface area contributed by atoms with Gasteiger partial charge in [0.1, 0.15) is 0 Å². The Kier molecular flexibility index (Phi) is 4.39. The van der Waals surface area contributed by atoms with Gasteiger partial charge in [0, 0.05) is 20.1 Å². The first-order valence-corrected chi connectivity index (χ1v) is 6.55. The molecule has 0 radical (unpaired) electrons. The number of rotatable bonds is 4. The van der Waals surface area contributed by atoms with Gasteiger partial charge in [0.2, 0.25) is 0 Å². The molecular weight excluding hydrogens is 242 g/mol. The maximum Gasteiger partial charge on any atom is 0.317 e. The van der Waals surface area contributed by atoms with Crippen LogP contribution < -0.4 is 10.6 Å². The molecule has 0 spiro atoms. The Morgan fingerprint density at radius 1 is 1.47 bits per heavy atom. The van der Waals surface area contributed by atoms with Gasteiger partial charge in [-0.1, -0.05) is 30.3 Å². The molecule has 1 aromatic carbocycles. The maximum atomic E-state index is 11.9. The number of β-amino-alcohol motifs (C(OH)–C–C–N with tert-alkyl or cyclic N) is 1. The summed E-state index contributed by atoms with van der Waals surface area (Å²) >= 11 is 0. The molecule has 104 valence electrons. The van der Waals surface area contributed by atoms with Gasteiger partial charge in [-0.25, -0.2) is 4.79 Å². The lowest BCUT2D eigenvalue weighted by molar-refractivity contribution is 0.0368. The van der Waals surface area contributed by atoms with Crippen molar-refractivity contribution in [3.05, 3.63) is 35.9 Å². The number of carbonyl (C=O) groups is 1. The van der Waals surface area contributed by atoms with Crippen LogP contribution in [0.4, 0.5) is 4.79 Å². The SMILES string of the molecule is CN(CC1(O)CCNC1)C(=O)NCc1ccccc1. The minimum Gasteiger partial charge on any atom is -0.387 e. The molecule has 0 aliphatic carbocycles. The number of likely N-dealkylation sites (N-methyl/N-ethyl adjacent to an activating group) is 1. The van der Waals surface area contributed by atoms with E-state index >= 15 is 0 Å². The van der Waals surface area contributed by atoms with Crippen LogP contribution in [0, 0.1) is 0 Å². The van der Waals surface area contributed by atoms with Crippen LogP contribution in [0.5, 0.6) is 0 Å². The van der Waals surface area contributed by atoms with Crippen LogP contribution in [0.1, 0.15) is 12.0 Å². The maximum absolute atomic E-state index is 11.9. The van der Waals surface area contributed by atoms with Crippen LogP contribution >= 0.6 is 0 Å². The molecule has 1 aromatic rings. The Labute approximate surface area is 113 Å². The lowest BCUT2D eigenvalue weighted by Gasteiger charge is -2.28. The van der Waals surface area contributed by atoms with Crippen molar-refractivity contribution in [1.82, 2.24) is 15.5 Å². The lowest BCUT2D eigenvalue weighted by Crippen LogP contribution is -2.48. The highest BCUT2D eigenvalue weighted by atomic mass is 16.3. The van der Waals surface area contributed by atoms with Gasteiger partial charge in [0.15, 0.2) is 0 Å². The second-order valence-corrected chi connectivity index (χ2v) is 5.15. The summed E-state index contributed by atoms with van der Waals surface area (Å²) in [4.78, 5) is 13.5. The molecular formula is C14H21N3O2. The van der Waals surface area contributed by atoms with Gasteiger partial charge >= 0.3 is 6.03 Å². The third-order valence-electron chi connectivity index (χ3n) is 3.39. The zero-order valence-electron chi connectivity index (χ0n) is 11.2. The van der Waals surface area contributed by atoms with Crippen molar-refractivity contribution >= 4 is 6.03 Å². The summed E-state index contributed by atoms with van der Waals surface area (Å²) < 4.78 is 0. The van der Waals surface area contributed by atoms with Crippen molar-refractivity contribution in [2.45, 2.75) is 18.6 Å². The predicted molar refractivity (Wildman–Crippen MR) is 73.7 cm³/mol. The molecule has 1 fully saturated rings. The molecule has 0 saturated carbocycles. The highest BCUT2D eigenvalue weighted by Crippen LogP contribution is 2.15. The van der Waals surface area contributed by atoms with Crippen LogP contribution in [0.3, 0.4) is 0 Å². The molecule has 1 unspecified atom stereocenters. The van der Waals surface area contributed by atoms with Crippen molar-refractivity contribution in [3.63, 3.8) is 0 Å². The molecule has 0 aromatic heterocycles. The smallest absolute Gasteiger partial charge is 0.317 e. The molecule has 1 aliphatic heterocycles. The first kappa shape index (κ1) is 13.8. The third kappa shape index (κ3) is 3.94. The highest BCUT2D eigenvalue weighted by molar-refractivity contribution is 5.73. The van der Waals surface area contributed by atoms with Crippen LogP contribution in [0.25, 0.3) is 0 Å². The van der Waals surface area contributed by atoms with Crippen LogP contribution in [0.2, 0.25) is 0 Å². The number of aliphatic hydroxyl groups is 1. The normalized spacial score (nSPS) is 22.2. The lowest BCUT2D eigenvalue weighted by atomic mass is 10.0. The Bertz CT molecular complexity index is 416. The number of carbonyl (C=O) groups excluding carboxylic acids is 1. The summed E-state index contributed by atoms with van der Waals surface area (Å²) in [6.45, 7) is 2.20. The topological polar surface area (TPSA) is 64.6 Å². The van der Waals surface area contributed by atoms with Gasteiger partial charge in [0.05, 0.1) is 12.1 Å². The fraction of sp³-hybridized carbons (Fsp3) is 0.500. The fourth-order valence-corrected chi connectivity index (χ4v) is 2.29. The van der Waals surface area contributed by atoms with E-state index in [1.54, 1.807) is 7.05 Å². The molecule has 1 aliphatic rings. The van der Waals surface area contributed by atoms with Gasteiger partial charge in [-0.05, 0) is 18.5 Å². The van der Waals surface area contributed by atoms with Gasteiger partial charge in [-0.3, -0.25) is 0 Å². The molecule has 5 nitrogen and oxygen atoms in total. The minimum absolute atomic E-state index is 0.163. The summed E-state index contributed by atoms with van der Waals surface area (Å²) in [7, 11) is 1.70. The van der Waals surface area contributed by atoms with Crippen molar-refractivity contribution < 1.29 is 9.90 Å². The average Bonchev–Trinajstić information content (AvgIpc) is 2.83. The van der Waals surface area contributed by atoms with E-state index in [1.807, 2.05) is 30.3 Å². The number of hydrogen-bond donors (Lipinski definition) is 3. The number of amides is 2. The van der Waals surface area contributed by atoms with E-state index in [-0.39, 0.29) is 6.03 Å². The first-order chi connectivity index (χ1) is 9.09. The summed E-state index contributed by atoms with van der Waals surface area (Å²) in [6, 6.07) is 9.60. The Hall–Kier alpha value is -1.59. The van der Waals surface area contributed by atoms with E-state index < -0.39 is 5.60 Å². The van der Waals surface area contributed by atoms with Crippen LogP contribution in [-0.2, 0) is 6.54 Å². The summed E-state index contributed by atoms with van der Waals surface area (Å²) in [6.07, 6.45) is 0.684. The standard InChI is InChI=1S/C14H21N3O2/c1-17(11-14(19)7-8-15-10-14)13(18)16-9-12-5-3-2-4-6-12/h2-6,15,19H,7-11H2,1H3,(H,16,18). The van der Waals surface area contributed by atoms with Crippen molar-refractivity contribution in [2.24, 2.45) is 0 Å². The molecule has 3 N–H and O–H groups in total.